The molecule has 2 unspecified atom stereocenters. The van der Waals surface area contributed by atoms with Crippen LogP contribution in [-0.2, 0) is 0 Å². The first-order valence-corrected chi connectivity index (χ1v) is 6.50. The lowest BCUT2D eigenvalue weighted by molar-refractivity contribution is 0.0823. The second-order valence-corrected chi connectivity index (χ2v) is 4.99. The molecule has 0 aliphatic rings. The summed E-state index contributed by atoms with van der Waals surface area (Å²) < 4.78 is 5.88. The third-order valence-electron chi connectivity index (χ3n) is 3.26. The fourth-order valence-electron chi connectivity index (χ4n) is 2.01. The fourth-order valence-corrected chi connectivity index (χ4v) is 2.01. The molecule has 0 saturated carbocycles. The molecule has 3 N–H and O–H groups in total. The number of aromatic nitrogens is 1. The molecule has 4 heteroatoms. The Kier molecular flexibility index (Phi) is 4.35. The van der Waals surface area contributed by atoms with Crippen LogP contribution in [0.15, 0.2) is 36.5 Å². The Morgan fingerprint density at radius 1 is 1.26 bits per heavy atom. The molecule has 2 aromatic rings. The first-order valence-electron chi connectivity index (χ1n) is 6.50. The van der Waals surface area contributed by atoms with Crippen molar-refractivity contribution in [3.8, 4) is 5.75 Å². The predicted octanol–water partition coefficient (Wildman–Crippen LogP) is 1.96. The maximum Gasteiger partial charge on any atom is 0.137 e. The topological polar surface area (TPSA) is 68.4 Å². The van der Waals surface area contributed by atoms with Gasteiger partial charge in [0.15, 0.2) is 0 Å². The van der Waals surface area contributed by atoms with Gasteiger partial charge in [-0.15, -0.1) is 0 Å². The van der Waals surface area contributed by atoms with E-state index in [1.807, 2.05) is 44.2 Å². The van der Waals surface area contributed by atoms with Crippen molar-refractivity contribution in [1.29, 1.82) is 0 Å². The Bertz CT molecular complexity index is 537. The molecule has 0 amide bonds. The lowest BCUT2D eigenvalue weighted by atomic mass is 10.00. The Labute approximate surface area is 113 Å². The second kappa shape index (κ2) is 5.99. The van der Waals surface area contributed by atoms with Gasteiger partial charge in [-0.2, -0.15) is 0 Å². The second-order valence-electron chi connectivity index (χ2n) is 4.99. The van der Waals surface area contributed by atoms with E-state index < -0.39 is 6.10 Å². The van der Waals surface area contributed by atoms with Gasteiger partial charge in [-0.3, -0.25) is 4.98 Å². The van der Waals surface area contributed by atoms with Crippen LogP contribution >= 0.6 is 0 Å². The van der Waals surface area contributed by atoms with Gasteiger partial charge >= 0.3 is 0 Å². The van der Waals surface area contributed by atoms with Crippen LogP contribution in [0.5, 0.6) is 5.75 Å². The van der Waals surface area contributed by atoms with Crippen LogP contribution in [-0.4, -0.2) is 28.8 Å². The van der Waals surface area contributed by atoms with E-state index in [2.05, 4.69) is 4.98 Å². The Hall–Kier alpha value is -1.65. The third-order valence-corrected chi connectivity index (χ3v) is 3.26. The largest absolute Gasteiger partial charge is 0.486 e. The standard InChI is InChI=1S/C15H20N2O2/c1-10(2)15(16)14(9-18)19-13-7-3-6-12-11(13)5-4-8-17-12/h3-8,10,14-15,18H,9,16H2,1-2H3. The number of pyridine rings is 1. The molecule has 0 aliphatic carbocycles. The molecule has 2 atom stereocenters. The lowest BCUT2D eigenvalue weighted by Crippen LogP contribution is -2.45. The molecule has 0 saturated heterocycles. The summed E-state index contributed by atoms with van der Waals surface area (Å²) in [7, 11) is 0. The zero-order valence-electron chi connectivity index (χ0n) is 11.3. The molecule has 1 aromatic heterocycles. The number of ether oxygens (including phenoxy) is 1. The van der Waals surface area contributed by atoms with Crippen molar-refractivity contribution in [2.45, 2.75) is 26.0 Å². The fraction of sp³-hybridized carbons (Fsp3) is 0.400. The Morgan fingerprint density at radius 2 is 2.05 bits per heavy atom. The van der Waals surface area contributed by atoms with Gasteiger partial charge in [0, 0.05) is 17.6 Å². The van der Waals surface area contributed by atoms with Crippen molar-refractivity contribution >= 4 is 10.9 Å². The molecular weight excluding hydrogens is 240 g/mol. The summed E-state index contributed by atoms with van der Waals surface area (Å²) in [6.07, 6.45) is 1.33. The zero-order valence-corrected chi connectivity index (χ0v) is 11.3. The number of hydrogen-bond acceptors (Lipinski definition) is 4. The average Bonchev–Trinajstić information content (AvgIpc) is 2.44. The van der Waals surface area contributed by atoms with Gasteiger partial charge in [0.25, 0.3) is 0 Å². The number of rotatable bonds is 5. The van der Waals surface area contributed by atoms with E-state index in [1.165, 1.54) is 0 Å². The first kappa shape index (κ1) is 13.8. The molecule has 0 aliphatic heterocycles. The van der Waals surface area contributed by atoms with E-state index in [9.17, 15) is 5.11 Å². The first-order chi connectivity index (χ1) is 9.13. The molecule has 0 fully saturated rings. The molecule has 2 rings (SSSR count). The van der Waals surface area contributed by atoms with Gasteiger partial charge < -0.3 is 15.6 Å². The maximum absolute atomic E-state index is 9.46. The summed E-state index contributed by atoms with van der Waals surface area (Å²) >= 11 is 0. The average molecular weight is 260 g/mol. The van der Waals surface area contributed by atoms with Crippen molar-refractivity contribution in [2.75, 3.05) is 6.61 Å². The Balaban J connectivity index is 2.29. The lowest BCUT2D eigenvalue weighted by Gasteiger charge is -2.26. The minimum Gasteiger partial charge on any atom is -0.486 e. The number of nitrogens with zero attached hydrogens (tertiary/aromatic N) is 1. The van der Waals surface area contributed by atoms with Crippen molar-refractivity contribution in [3.63, 3.8) is 0 Å². The number of aliphatic hydroxyl groups excluding tert-OH is 1. The number of fused-ring (bicyclic) bond motifs is 1. The summed E-state index contributed by atoms with van der Waals surface area (Å²) in [5, 5.41) is 10.4. The monoisotopic (exact) mass is 260 g/mol. The number of nitrogens with two attached hydrogens (primary N) is 1. The number of benzene rings is 1. The van der Waals surface area contributed by atoms with E-state index in [0.717, 1.165) is 10.9 Å². The highest BCUT2D eigenvalue weighted by atomic mass is 16.5. The summed E-state index contributed by atoms with van der Waals surface area (Å²) in [6, 6.07) is 9.30. The normalized spacial score (nSPS) is 14.6. The number of hydrogen-bond donors (Lipinski definition) is 2. The van der Waals surface area contributed by atoms with Gasteiger partial charge in [0.05, 0.1) is 12.1 Å². The third kappa shape index (κ3) is 3.03. The van der Waals surface area contributed by atoms with Crippen LogP contribution in [0.1, 0.15) is 13.8 Å². The van der Waals surface area contributed by atoms with Crippen LogP contribution in [0, 0.1) is 5.92 Å². The van der Waals surface area contributed by atoms with E-state index >= 15 is 0 Å². The van der Waals surface area contributed by atoms with Crippen LogP contribution in [0.3, 0.4) is 0 Å². The van der Waals surface area contributed by atoms with Crippen LogP contribution < -0.4 is 10.5 Å². The highest BCUT2D eigenvalue weighted by molar-refractivity contribution is 5.84. The van der Waals surface area contributed by atoms with Crippen molar-refractivity contribution in [3.05, 3.63) is 36.5 Å². The molecule has 19 heavy (non-hydrogen) atoms. The van der Waals surface area contributed by atoms with Crippen molar-refractivity contribution in [1.82, 2.24) is 4.98 Å². The van der Waals surface area contributed by atoms with Gasteiger partial charge in [-0.05, 0) is 30.2 Å². The molecule has 1 aromatic carbocycles. The highest BCUT2D eigenvalue weighted by Gasteiger charge is 2.22. The molecule has 102 valence electrons. The smallest absolute Gasteiger partial charge is 0.137 e. The molecule has 0 spiro atoms. The quantitative estimate of drug-likeness (QED) is 0.862. The highest BCUT2D eigenvalue weighted by Crippen LogP contribution is 2.25. The molecular formula is C15H20N2O2. The molecule has 0 radical (unpaired) electrons. The van der Waals surface area contributed by atoms with Gasteiger partial charge in [0.1, 0.15) is 11.9 Å². The number of aliphatic hydroxyl groups is 1. The van der Waals surface area contributed by atoms with Gasteiger partial charge in [-0.1, -0.05) is 19.9 Å². The summed E-state index contributed by atoms with van der Waals surface area (Å²) in [5.41, 5.74) is 6.93. The Morgan fingerprint density at radius 3 is 2.74 bits per heavy atom. The predicted molar refractivity (Wildman–Crippen MR) is 76.1 cm³/mol. The summed E-state index contributed by atoms with van der Waals surface area (Å²) in [6.45, 7) is 3.93. The van der Waals surface area contributed by atoms with E-state index in [4.69, 9.17) is 10.5 Å². The van der Waals surface area contributed by atoms with Gasteiger partial charge in [0.2, 0.25) is 0 Å². The molecule has 0 bridgehead atoms. The summed E-state index contributed by atoms with van der Waals surface area (Å²) in [4.78, 5) is 4.28. The minimum atomic E-state index is -0.411. The molecule has 4 nitrogen and oxygen atoms in total. The minimum absolute atomic E-state index is 0.101. The van der Waals surface area contributed by atoms with Crippen LogP contribution in [0.4, 0.5) is 0 Å². The maximum atomic E-state index is 9.46. The SMILES string of the molecule is CC(C)C(N)C(CO)Oc1cccc2ncccc12. The summed E-state index contributed by atoms with van der Waals surface area (Å²) in [5.74, 6) is 0.950. The van der Waals surface area contributed by atoms with E-state index in [0.29, 0.717) is 5.75 Å². The molecule has 1 heterocycles. The van der Waals surface area contributed by atoms with Crippen molar-refractivity contribution in [2.24, 2.45) is 11.7 Å². The zero-order chi connectivity index (χ0) is 13.8. The van der Waals surface area contributed by atoms with Gasteiger partial charge in [-0.25, -0.2) is 0 Å². The van der Waals surface area contributed by atoms with E-state index in [-0.39, 0.29) is 18.6 Å². The van der Waals surface area contributed by atoms with Crippen LogP contribution in [0.25, 0.3) is 10.9 Å². The van der Waals surface area contributed by atoms with Crippen LogP contribution in [0.2, 0.25) is 0 Å². The van der Waals surface area contributed by atoms with E-state index in [1.54, 1.807) is 6.20 Å². The van der Waals surface area contributed by atoms with Crippen molar-refractivity contribution < 1.29 is 9.84 Å².